The Hall–Kier alpha value is -0.0800. The predicted molar refractivity (Wildman–Crippen MR) is 90.6 cm³/mol. The summed E-state index contributed by atoms with van der Waals surface area (Å²) in [6.45, 7) is 2.28. The van der Waals surface area contributed by atoms with Gasteiger partial charge in [0.25, 0.3) is 0 Å². The monoisotopic (exact) mass is 295 g/mol. The summed E-state index contributed by atoms with van der Waals surface area (Å²) in [6, 6.07) is 1.30. The average molecular weight is 296 g/mol. The highest BCUT2D eigenvalue weighted by molar-refractivity contribution is 4.98. The van der Waals surface area contributed by atoms with E-state index in [2.05, 4.69) is 18.9 Å². The molecule has 0 radical (unpaired) electrons. The zero-order valence-electron chi connectivity index (χ0n) is 14.4. The van der Waals surface area contributed by atoms with Gasteiger partial charge in [0, 0.05) is 12.1 Å². The standard InChI is InChI=1S/C19H37NO/c1-3-4-5-6-7-8-9-10-14-19(21)15-17-12-11-13-18(16-19)20(17)2/h17-18,21H,3-16H2,1-2H3. The lowest BCUT2D eigenvalue weighted by atomic mass is 9.74. The van der Waals surface area contributed by atoms with Crippen molar-refractivity contribution in [3.8, 4) is 0 Å². The van der Waals surface area contributed by atoms with Crippen molar-refractivity contribution < 1.29 is 5.11 Å². The van der Waals surface area contributed by atoms with Crippen molar-refractivity contribution in [3.05, 3.63) is 0 Å². The Morgan fingerprint density at radius 1 is 0.905 bits per heavy atom. The minimum absolute atomic E-state index is 0.343. The van der Waals surface area contributed by atoms with Crippen LogP contribution in [0.5, 0.6) is 0 Å². The van der Waals surface area contributed by atoms with Crippen LogP contribution in [0.25, 0.3) is 0 Å². The number of hydrogen-bond donors (Lipinski definition) is 1. The summed E-state index contributed by atoms with van der Waals surface area (Å²) < 4.78 is 0. The van der Waals surface area contributed by atoms with E-state index in [1.807, 2.05) is 0 Å². The summed E-state index contributed by atoms with van der Waals surface area (Å²) in [5, 5.41) is 10.9. The molecule has 2 saturated heterocycles. The molecule has 2 heteroatoms. The van der Waals surface area contributed by atoms with Crippen molar-refractivity contribution in [1.29, 1.82) is 0 Å². The van der Waals surface area contributed by atoms with Gasteiger partial charge in [-0.1, -0.05) is 64.7 Å². The van der Waals surface area contributed by atoms with Crippen LogP contribution >= 0.6 is 0 Å². The summed E-state index contributed by atoms with van der Waals surface area (Å²) in [5.41, 5.74) is -0.343. The number of unbranched alkanes of at least 4 members (excludes halogenated alkanes) is 7. The molecule has 2 rings (SSSR count). The third-order valence-corrected chi connectivity index (χ3v) is 5.95. The van der Waals surface area contributed by atoms with Crippen molar-refractivity contribution in [2.24, 2.45) is 0 Å². The first-order chi connectivity index (χ1) is 10.1. The Morgan fingerprint density at radius 2 is 1.43 bits per heavy atom. The topological polar surface area (TPSA) is 23.5 Å². The average Bonchev–Trinajstić information content (AvgIpc) is 2.44. The van der Waals surface area contributed by atoms with E-state index in [0.717, 1.165) is 19.3 Å². The highest BCUT2D eigenvalue weighted by Crippen LogP contribution is 2.40. The molecule has 0 saturated carbocycles. The van der Waals surface area contributed by atoms with E-state index in [1.54, 1.807) is 0 Å². The van der Waals surface area contributed by atoms with Gasteiger partial charge in [0.15, 0.2) is 0 Å². The van der Waals surface area contributed by atoms with E-state index in [9.17, 15) is 5.11 Å². The second-order valence-electron chi connectivity index (χ2n) is 7.76. The van der Waals surface area contributed by atoms with E-state index in [0.29, 0.717) is 12.1 Å². The summed E-state index contributed by atoms with van der Waals surface area (Å²) >= 11 is 0. The maximum atomic E-state index is 10.9. The molecule has 0 aliphatic carbocycles. The first kappa shape index (κ1) is 17.3. The highest BCUT2D eigenvalue weighted by atomic mass is 16.3. The smallest absolute Gasteiger partial charge is 0.0677 e. The van der Waals surface area contributed by atoms with Crippen LogP contribution < -0.4 is 0 Å². The van der Waals surface area contributed by atoms with Crippen LogP contribution in [0.1, 0.15) is 96.8 Å². The Morgan fingerprint density at radius 3 is 2.00 bits per heavy atom. The number of aliphatic hydroxyl groups is 1. The minimum Gasteiger partial charge on any atom is -0.390 e. The maximum absolute atomic E-state index is 10.9. The molecule has 21 heavy (non-hydrogen) atoms. The molecular weight excluding hydrogens is 258 g/mol. The molecule has 2 nitrogen and oxygen atoms in total. The van der Waals surface area contributed by atoms with Gasteiger partial charge >= 0.3 is 0 Å². The third-order valence-electron chi connectivity index (χ3n) is 5.95. The number of hydrogen-bond acceptors (Lipinski definition) is 2. The molecule has 0 amide bonds. The second kappa shape index (κ2) is 8.53. The van der Waals surface area contributed by atoms with Crippen LogP contribution in [0.2, 0.25) is 0 Å². The molecule has 0 aromatic heterocycles. The lowest BCUT2D eigenvalue weighted by molar-refractivity contribution is -0.0878. The van der Waals surface area contributed by atoms with Crippen molar-refractivity contribution in [3.63, 3.8) is 0 Å². The molecule has 0 spiro atoms. The molecule has 0 aromatic carbocycles. The minimum atomic E-state index is -0.343. The molecule has 124 valence electrons. The molecule has 2 fully saturated rings. The summed E-state index contributed by atoms with van der Waals surface area (Å²) in [6.07, 6.45) is 17.9. The van der Waals surface area contributed by atoms with Crippen LogP contribution in [0, 0.1) is 0 Å². The van der Waals surface area contributed by atoms with Crippen LogP contribution in [-0.2, 0) is 0 Å². The first-order valence-electron chi connectivity index (χ1n) is 9.59. The zero-order chi connectivity index (χ0) is 15.1. The van der Waals surface area contributed by atoms with E-state index in [1.165, 1.54) is 70.6 Å². The molecule has 2 heterocycles. The number of rotatable bonds is 9. The highest BCUT2D eigenvalue weighted by Gasteiger charge is 2.43. The lowest BCUT2D eigenvalue weighted by Crippen LogP contribution is -2.56. The lowest BCUT2D eigenvalue weighted by Gasteiger charge is -2.50. The van der Waals surface area contributed by atoms with Crippen LogP contribution in [0.3, 0.4) is 0 Å². The van der Waals surface area contributed by atoms with Gasteiger partial charge in [-0.2, -0.15) is 0 Å². The third kappa shape index (κ3) is 5.25. The number of fused-ring (bicyclic) bond motifs is 2. The van der Waals surface area contributed by atoms with Crippen molar-refractivity contribution >= 4 is 0 Å². The number of piperidine rings is 2. The quantitative estimate of drug-likeness (QED) is 0.612. The Bertz CT molecular complexity index is 277. The van der Waals surface area contributed by atoms with Crippen molar-refractivity contribution in [1.82, 2.24) is 4.90 Å². The van der Waals surface area contributed by atoms with Gasteiger partial charge in [0.2, 0.25) is 0 Å². The molecule has 1 N–H and O–H groups in total. The van der Waals surface area contributed by atoms with E-state index in [4.69, 9.17) is 0 Å². The van der Waals surface area contributed by atoms with Gasteiger partial charge in [-0.05, 0) is 39.2 Å². The second-order valence-corrected chi connectivity index (χ2v) is 7.76. The Labute approximate surface area is 132 Å². The molecule has 2 unspecified atom stereocenters. The molecule has 2 atom stereocenters. The molecule has 2 aliphatic rings. The van der Waals surface area contributed by atoms with Gasteiger partial charge in [0.1, 0.15) is 0 Å². The van der Waals surface area contributed by atoms with Gasteiger partial charge in [-0.3, -0.25) is 0 Å². The van der Waals surface area contributed by atoms with E-state index >= 15 is 0 Å². The fourth-order valence-corrected chi connectivity index (χ4v) is 4.54. The summed E-state index contributed by atoms with van der Waals surface area (Å²) in [7, 11) is 2.27. The van der Waals surface area contributed by atoms with Crippen LogP contribution in [0.4, 0.5) is 0 Å². The number of nitrogens with zero attached hydrogens (tertiary/aromatic N) is 1. The van der Waals surface area contributed by atoms with Crippen LogP contribution in [-0.4, -0.2) is 34.7 Å². The summed E-state index contributed by atoms with van der Waals surface area (Å²) in [5.74, 6) is 0. The Kier molecular flexibility index (Phi) is 7.01. The zero-order valence-corrected chi connectivity index (χ0v) is 14.4. The molecule has 0 aromatic rings. The SMILES string of the molecule is CCCCCCCCCCC1(O)CC2CCCC(C1)N2C. The van der Waals surface area contributed by atoms with Crippen molar-refractivity contribution in [2.45, 2.75) is 114 Å². The van der Waals surface area contributed by atoms with Crippen LogP contribution in [0.15, 0.2) is 0 Å². The fourth-order valence-electron chi connectivity index (χ4n) is 4.54. The summed E-state index contributed by atoms with van der Waals surface area (Å²) in [4.78, 5) is 2.55. The van der Waals surface area contributed by atoms with E-state index < -0.39 is 0 Å². The molecule has 2 aliphatic heterocycles. The van der Waals surface area contributed by atoms with E-state index in [-0.39, 0.29) is 5.60 Å². The fraction of sp³-hybridized carbons (Fsp3) is 1.00. The van der Waals surface area contributed by atoms with Gasteiger partial charge in [-0.15, -0.1) is 0 Å². The van der Waals surface area contributed by atoms with Gasteiger partial charge in [0.05, 0.1) is 5.60 Å². The molecule has 2 bridgehead atoms. The largest absolute Gasteiger partial charge is 0.390 e. The maximum Gasteiger partial charge on any atom is 0.0677 e. The molecular formula is C19H37NO. The van der Waals surface area contributed by atoms with Gasteiger partial charge < -0.3 is 10.0 Å². The van der Waals surface area contributed by atoms with Crippen molar-refractivity contribution in [2.75, 3.05) is 7.05 Å². The Balaban J connectivity index is 1.59. The predicted octanol–water partition coefficient (Wildman–Crippen LogP) is 4.90. The van der Waals surface area contributed by atoms with Gasteiger partial charge in [-0.25, -0.2) is 0 Å². The normalized spacial score (nSPS) is 33.3. The first-order valence-corrected chi connectivity index (χ1v) is 9.59.